The molecule has 1 unspecified atom stereocenters. The molecule has 0 amide bonds. The van der Waals surface area contributed by atoms with E-state index in [0.717, 1.165) is 28.4 Å². The largest absolute Gasteiger partial charge is 0.430 e. The van der Waals surface area contributed by atoms with Crippen LogP contribution in [0.25, 0.3) is 0 Å². The lowest BCUT2D eigenvalue weighted by molar-refractivity contribution is -0.465. The van der Waals surface area contributed by atoms with Crippen LogP contribution >= 0.6 is 15.9 Å². The molecular formula is C18H19BrF4N3O+. The smallest absolute Gasteiger partial charge is 0.395 e. The number of nitrogens with two attached hydrogens (primary N) is 1. The van der Waals surface area contributed by atoms with Gasteiger partial charge >= 0.3 is 6.18 Å². The van der Waals surface area contributed by atoms with E-state index in [1.165, 1.54) is 13.0 Å². The quantitative estimate of drug-likeness (QED) is 0.292. The number of hydrogen-bond donors (Lipinski definition) is 2. The number of benzene rings is 1. The second-order valence-corrected chi connectivity index (χ2v) is 6.74. The monoisotopic (exact) mass is 448 g/mol. The van der Waals surface area contributed by atoms with Crippen molar-refractivity contribution < 1.29 is 27.2 Å². The number of halogens is 5. The Kier molecular flexibility index (Phi) is 6.59. The molecule has 0 saturated heterocycles. The Morgan fingerprint density at radius 1 is 1.41 bits per heavy atom. The molecule has 1 aliphatic rings. The first kappa shape index (κ1) is 21.3. The highest BCUT2D eigenvalue weighted by Crippen LogP contribution is 2.30. The van der Waals surface area contributed by atoms with E-state index in [4.69, 9.17) is 5.73 Å². The molecule has 0 radical (unpaired) electrons. The van der Waals surface area contributed by atoms with Gasteiger partial charge in [-0.05, 0) is 38.1 Å². The van der Waals surface area contributed by atoms with Crippen LogP contribution in [-0.4, -0.2) is 34.3 Å². The van der Waals surface area contributed by atoms with Crippen molar-refractivity contribution in [3.8, 4) is 0 Å². The van der Waals surface area contributed by atoms with Crippen LogP contribution in [0.4, 0.5) is 23.2 Å². The predicted molar refractivity (Wildman–Crippen MR) is 99.9 cm³/mol. The second-order valence-electron chi connectivity index (χ2n) is 5.99. The van der Waals surface area contributed by atoms with E-state index >= 15 is 0 Å². The summed E-state index contributed by atoms with van der Waals surface area (Å²) in [6.45, 7) is 4.06. The number of allylic oxidation sites excluding steroid dienone is 3. The first-order chi connectivity index (χ1) is 12.5. The molecule has 0 aliphatic carbocycles. The molecule has 9 heteroatoms. The van der Waals surface area contributed by atoms with Gasteiger partial charge in [0.15, 0.2) is 6.21 Å². The van der Waals surface area contributed by atoms with Gasteiger partial charge in [0.05, 0.1) is 11.8 Å². The van der Waals surface area contributed by atoms with Crippen molar-refractivity contribution in [2.45, 2.75) is 32.5 Å². The molecule has 0 aromatic heterocycles. The third-order valence-electron chi connectivity index (χ3n) is 3.89. The highest BCUT2D eigenvalue weighted by Gasteiger charge is 2.32. The zero-order chi connectivity index (χ0) is 20.4. The fourth-order valence-electron chi connectivity index (χ4n) is 2.46. The van der Waals surface area contributed by atoms with Crippen molar-refractivity contribution in [3.63, 3.8) is 0 Å². The molecular weight excluding hydrogens is 430 g/mol. The molecule has 1 heterocycles. The Bertz CT molecular complexity index is 855. The lowest BCUT2D eigenvalue weighted by Crippen LogP contribution is -2.24. The summed E-state index contributed by atoms with van der Waals surface area (Å²) in [5, 5.41) is 9.82. The van der Waals surface area contributed by atoms with Gasteiger partial charge < -0.3 is 10.8 Å². The van der Waals surface area contributed by atoms with Crippen LogP contribution in [0, 0.1) is 5.82 Å². The predicted octanol–water partition coefficient (Wildman–Crippen LogP) is 4.47. The van der Waals surface area contributed by atoms with Crippen LogP contribution in [-0.2, 0) is 0 Å². The number of hydrogen-bond acceptors (Lipinski definition) is 3. The number of nitrogens with zero attached hydrogens (tertiary/aromatic N) is 2. The van der Waals surface area contributed by atoms with Crippen molar-refractivity contribution in [2.24, 2.45) is 10.7 Å². The van der Waals surface area contributed by atoms with Gasteiger partial charge in [-0.25, -0.2) is 4.39 Å². The molecule has 0 fully saturated rings. The maximum Gasteiger partial charge on any atom is 0.430 e. The molecule has 2 rings (SSSR count). The number of aliphatic hydroxyl groups excluding tert-OH is 1. The first-order valence-corrected chi connectivity index (χ1v) is 8.91. The lowest BCUT2D eigenvalue weighted by Gasteiger charge is -2.14. The van der Waals surface area contributed by atoms with Gasteiger partial charge in [-0.1, -0.05) is 0 Å². The van der Waals surface area contributed by atoms with Gasteiger partial charge in [0, 0.05) is 33.6 Å². The van der Waals surface area contributed by atoms with Crippen LogP contribution in [0.5, 0.6) is 0 Å². The molecule has 3 N–H and O–H groups in total. The zero-order valence-corrected chi connectivity index (χ0v) is 16.3. The summed E-state index contributed by atoms with van der Waals surface area (Å²) < 4.78 is 54.7. The molecule has 0 saturated carbocycles. The molecule has 146 valence electrons. The first-order valence-electron chi connectivity index (χ1n) is 8.12. The molecule has 1 aromatic carbocycles. The van der Waals surface area contributed by atoms with E-state index in [1.807, 2.05) is 11.5 Å². The molecule has 1 aliphatic heterocycles. The molecule has 27 heavy (non-hydrogen) atoms. The van der Waals surface area contributed by atoms with Crippen LogP contribution in [0.3, 0.4) is 0 Å². The average molecular weight is 449 g/mol. The van der Waals surface area contributed by atoms with Crippen molar-refractivity contribution in [1.29, 1.82) is 0 Å². The van der Waals surface area contributed by atoms with E-state index in [-0.39, 0.29) is 23.4 Å². The van der Waals surface area contributed by atoms with Gasteiger partial charge in [-0.3, -0.25) is 4.99 Å². The number of rotatable bonds is 6. The standard InChI is InChI=1S/C18H19BrF4N3O/c1-3-26-9-11(17(26)19)6-13(8-16(24)18(21,22)23)25-15-5-4-12(20)7-14(15)10(2)27/h4-5,7-10,27H,3,6,24H2,1-2H3/q+1. The fraction of sp³-hybridized carbons (Fsp3) is 0.333. The van der Waals surface area contributed by atoms with Crippen molar-refractivity contribution in [3.05, 3.63) is 51.5 Å². The minimum absolute atomic E-state index is 0.0392. The SMILES string of the molecule is CC[N+]1=CC(CC(C=C(N)C(F)(F)F)=Nc2ccc(F)cc2C(C)O)=C1Br. The topological polar surface area (TPSA) is 61.6 Å². The van der Waals surface area contributed by atoms with E-state index in [1.54, 1.807) is 6.21 Å². The summed E-state index contributed by atoms with van der Waals surface area (Å²) in [4.78, 5) is 4.22. The van der Waals surface area contributed by atoms with Crippen molar-refractivity contribution in [2.75, 3.05) is 6.54 Å². The Morgan fingerprint density at radius 2 is 2.07 bits per heavy atom. The summed E-state index contributed by atoms with van der Waals surface area (Å²) in [7, 11) is 0. The maximum absolute atomic E-state index is 13.5. The number of aliphatic hydroxyl groups is 1. The van der Waals surface area contributed by atoms with Gasteiger partial charge in [-0.15, -0.1) is 0 Å². The van der Waals surface area contributed by atoms with Gasteiger partial charge in [0.2, 0.25) is 0 Å². The molecule has 0 spiro atoms. The molecule has 1 atom stereocenters. The Labute approximate surface area is 162 Å². The van der Waals surface area contributed by atoms with Crippen molar-refractivity contribution in [1.82, 2.24) is 0 Å². The van der Waals surface area contributed by atoms with Crippen molar-refractivity contribution >= 4 is 33.5 Å². The third kappa shape index (κ3) is 5.26. The Morgan fingerprint density at radius 3 is 2.59 bits per heavy atom. The van der Waals surface area contributed by atoms with E-state index < -0.39 is 23.8 Å². The Balaban J connectivity index is 2.47. The van der Waals surface area contributed by atoms with Crippen LogP contribution in [0.15, 0.2) is 45.1 Å². The Hall–Kier alpha value is -2.00. The lowest BCUT2D eigenvalue weighted by atomic mass is 10.0. The molecule has 1 aromatic rings. The normalized spacial score (nSPS) is 17.0. The number of aliphatic imine (C=N–C) groups is 1. The van der Waals surface area contributed by atoms with E-state index in [0.29, 0.717) is 6.54 Å². The van der Waals surface area contributed by atoms with Crippen LogP contribution in [0.2, 0.25) is 0 Å². The average Bonchev–Trinajstić information content (AvgIpc) is 2.57. The highest BCUT2D eigenvalue weighted by atomic mass is 79.9. The molecule has 4 nitrogen and oxygen atoms in total. The summed E-state index contributed by atoms with van der Waals surface area (Å²) in [5.41, 5.74) is 5.00. The van der Waals surface area contributed by atoms with Crippen LogP contribution < -0.4 is 5.73 Å². The second kappa shape index (κ2) is 8.35. The summed E-state index contributed by atoms with van der Waals surface area (Å²) in [6.07, 6.45) is -3.10. The fourth-order valence-corrected chi connectivity index (χ4v) is 3.06. The maximum atomic E-state index is 13.5. The third-order valence-corrected chi connectivity index (χ3v) is 4.86. The minimum Gasteiger partial charge on any atom is -0.395 e. The highest BCUT2D eigenvalue weighted by molar-refractivity contribution is 9.11. The number of alkyl halides is 3. The van der Waals surface area contributed by atoms with Gasteiger partial charge in [0.25, 0.3) is 4.61 Å². The molecule has 0 bridgehead atoms. The minimum atomic E-state index is -4.69. The zero-order valence-electron chi connectivity index (χ0n) is 14.7. The summed E-state index contributed by atoms with van der Waals surface area (Å²) in [6, 6.07) is 3.53. The summed E-state index contributed by atoms with van der Waals surface area (Å²) >= 11 is 3.38. The summed E-state index contributed by atoms with van der Waals surface area (Å²) in [5.74, 6) is -0.576. The van der Waals surface area contributed by atoms with Crippen LogP contribution in [0.1, 0.15) is 31.9 Å². The van der Waals surface area contributed by atoms with E-state index in [2.05, 4.69) is 20.9 Å². The van der Waals surface area contributed by atoms with Gasteiger partial charge in [-0.2, -0.15) is 17.7 Å². The van der Waals surface area contributed by atoms with E-state index in [9.17, 15) is 22.7 Å². The van der Waals surface area contributed by atoms with Gasteiger partial charge in [0.1, 0.15) is 23.6 Å².